The van der Waals surface area contributed by atoms with Gasteiger partial charge in [0.05, 0.1) is 19.3 Å². The number of nitrogens with one attached hydrogen (secondary N) is 1. The Hall–Kier alpha value is -2.30. The Balaban J connectivity index is 1.75. The zero-order valence-corrected chi connectivity index (χ0v) is 12.0. The van der Waals surface area contributed by atoms with Gasteiger partial charge in [0.25, 0.3) is 5.91 Å². The topological polar surface area (TPSA) is 64.4 Å². The summed E-state index contributed by atoms with van der Waals surface area (Å²) >= 11 is 0. The van der Waals surface area contributed by atoms with Crippen molar-refractivity contribution in [2.45, 2.75) is 32.2 Å². The number of carbonyl (C=O) groups excluding carboxylic acids is 1. The highest BCUT2D eigenvalue weighted by molar-refractivity contribution is 5.96. The van der Waals surface area contributed by atoms with E-state index in [1.165, 1.54) is 6.39 Å². The van der Waals surface area contributed by atoms with Gasteiger partial charge in [0.2, 0.25) is 0 Å². The first-order chi connectivity index (χ1) is 10.3. The van der Waals surface area contributed by atoms with Crippen LogP contribution in [-0.4, -0.2) is 17.5 Å². The first kappa shape index (κ1) is 13.7. The lowest BCUT2D eigenvalue weighted by Gasteiger charge is -2.11. The number of amides is 1. The van der Waals surface area contributed by atoms with Crippen molar-refractivity contribution in [1.29, 1.82) is 0 Å². The molecule has 5 nitrogen and oxygen atoms in total. The van der Waals surface area contributed by atoms with Gasteiger partial charge in [0, 0.05) is 5.56 Å². The van der Waals surface area contributed by atoms with E-state index >= 15 is 0 Å². The Morgan fingerprint density at radius 3 is 3.00 bits per heavy atom. The molecule has 1 aromatic carbocycles. The molecule has 110 valence electrons. The fraction of sp³-hybridized carbons (Fsp3) is 0.375. The predicted molar refractivity (Wildman–Crippen MR) is 77.3 cm³/mol. The average Bonchev–Trinajstić information content (AvgIpc) is 3.21. The summed E-state index contributed by atoms with van der Waals surface area (Å²) in [7, 11) is 0. The number of nitrogens with zero attached hydrogens (tertiary/aromatic N) is 1. The van der Waals surface area contributed by atoms with Gasteiger partial charge in [0.15, 0.2) is 6.39 Å². The summed E-state index contributed by atoms with van der Waals surface area (Å²) in [5.41, 5.74) is 1.80. The minimum absolute atomic E-state index is 0.0867. The zero-order valence-electron chi connectivity index (χ0n) is 12.0. The Kier molecular flexibility index (Phi) is 3.90. The summed E-state index contributed by atoms with van der Waals surface area (Å²) in [5, 5.41) is 2.86. The minimum Gasteiger partial charge on any atom is -0.494 e. The van der Waals surface area contributed by atoms with Gasteiger partial charge in [-0.2, -0.15) is 0 Å². The summed E-state index contributed by atoms with van der Waals surface area (Å²) in [5.74, 6) is 1.86. The number of ether oxygens (including phenoxy) is 1. The van der Waals surface area contributed by atoms with E-state index in [2.05, 4.69) is 10.3 Å². The molecular formula is C16H18N2O3. The van der Waals surface area contributed by atoms with Crippen molar-refractivity contribution in [1.82, 2.24) is 10.3 Å². The van der Waals surface area contributed by atoms with E-state index in [9.17, 15) is 4.79 Å². The third kappa shape index (κ3) is 3.24. The number of oxazole rings is 1. The third-order valence-electron chi connectivity index (χ3n) is 3.50. The lowest BCUT2D eigenvalue weighted by Crippen LogP contribution is -2.23. The van der Waals surface area contributed by atoms with Gasteiger partial charge in [-0.25, -0.2) is 4.98 Å². The number of hydrogen-bond donors (Lipinski definition) is 1. The maximum atomic E-state index is 12.3. The third-order valence-corrected chi connectivity index (χ3v) is 3.50. The van der Waals surface area contributed by atoms with E-state index in [0.29, 0.717) is 24.8 Å². The van der Waals surface area contributed by atoms with Crippen LogP contribution in [0.4, 0.5) is 0 Å². The number of benzene rings is 1. The molecule has 5 heteroatoms. The lowest BCUT2D eigenvalue weighted by atomic mass is 10.0. The molecule has 1 aromatic heterocycles. The molecule has 0 bridgehead atoms. The normalized spacial score (nSPS) is 14.0. The second-order valence-electron chi connectivity index (χ2n) is 5.11. The molecule has 0 spiro atoms. The van der Waals surface area contributed by atoms with Crippen LogP contribution in [0.15, 0.2) is 35.2 Å². The van der Waals surface area contributed by atoms with Crippen LogP contribution >= 0.6 is 0 Å². The zero-order chi connectivity index (χ0) is 14.7. The average molecular weight is 286 g/mol. The number of carbonyl (C=O) groups is 1. The van der Waals surface area contributed by atoms with Crippen molar-refractivity contribution in [2.24, 2.45) is 0 Å². The molecule has 1 fully saturated rings. The number of aromatic nitrogens is 1. The number of hydrogen-bond acceptors (Lipinski definition) is 4. The molecular weight excluding hydrogens is 268 g/mol. The van der Waals surface area contributed by atoms with E-state index in [1.807, 2.05) is 25.1 Å². The summed E-state index contributed by atoms with van der Waals surface area (Å²) in [6, 6.07) is 5.68. The molecule has 0 radical (unpaired) electrons. The molecule has 1 aliphatic carbocycles. The predicted octanol–water partition coefficient (Wildman–Crippen LogP) is 2.88. The molecule has 0 atom stereocenters. The first-order valence-corrected chi connectivity index (χ1v) is 7.20. The van der Waals surface area contributed by atoms with Crippen LogP contribution in [0.5, 0.6) is 5.75 Å². The van der Waals surface area contributed by atoms with Gasteiger partial charge in [0.1, 0.15) is 11.5 Å². The Morgan fingerprint density at radius 2 is 2.33 bits per heavy atom. The van der Waals surface area contributed by atoms with Crippen molar-refractivity contribution in [3.63, 3.8) is 0 Å². The number of rotatable bonds is 6. The minimum atomic E-state index is -0.0867. The fourth-order valence-electron chi connectivity index (χ4n) is 2.33. The Labute approximate surface area is 123 Å². The van der Waals surface area contributed by atoms with Crippen LogP contribution in [0.25, 0.3) is 0 Å². The summed E-state index contributed by atoms with van der Waals surface area (Å²) in [6.07, 6.45) is 5.23. The van der Waals surface area contributed by atoms with E-state index in [1.54, 1.807) is 6.20 Å². The van der Waals surface area contributed by atoms with E-state index in [0.717, 1.165) is 29.7 Å². The molecule has 21 heavy (non-hydrogen) atoms. The van der Waals surface area contributed by atoms with Gasteiger partial charge in [-0.05, 0) is 49.4 Å². The lowest BCUT2D eigenvalue weighted by molar-refractivity contribution is 0.0947. The van der Waals surface area contributed by atoms with Crippen molar-refractivity contribution in [3.05, 3.63) is 47.7 Å². The summed E-state index contributed by atoms with van der Waals surface area (Å²) in [6.45, 7) is 2.92. The molecule has 0 unspecified atom stereocenters. The molecule has 0 saturated heterocycles. The SMILES string of the molecule is CCOc1ccc(C(=O)NCc2cnco2)c(C2CC2)c1. The van der Waals surface area contributed by atoms with E-state index in [4.69, 9.17) is 9.15 Å². The largest absolute Gasteiger partial charge is 0.494 e. The van der Waals surface area contributed by atoms with Crippen LogP contribution in [0.3, 0.4) is 0 Å². The highest BCUT2D eigenvalue weighted by Crippen LogP contribution is 2.42. The maximum Gasteiger partial charge on any atom is 0.251 e. The molecule has 1 saturated carbocycles. The maximum absolute atomic E-state index is 12.3. The van der Waals surface area contributed by atoms with Gasteiger partial charge in [-0.15, -0.1) is 0 Å². The van der Waals surface area contributed by atoms with Crippen LogP contribution in [0.1, 0.15) is 47.4 Å². The van der Waals surface area contributed by atoms with E-state index in [-0.39, 0.29) is 5.91 Å². The monoisotopic (exact) mass is 286 g/mol. The van der Waals surface area contributed by atoms with Gasteiger partial charge in [-0.3, -0.25) is 4.79 Å². The van der Waals surface area contributed by atoms with E-state index < -0.39 is 0 Å². The highest BCUT2D eigenvalue weighted by atomic mass is 16.5. The van der Waals surface area contributed by atoms with Crippen molar-refractivity contribution < 1.29 is 13.9 Å². The Bertz CT molecular complexity index is 618. The van der Waals surface area contributed by atoms with Crippen LogP contribution in [0.2, 0.25) is 0 Å². The quantitative estimate of drug-likeness (QED) is 0.886. The van der Waals surface area contributed by atoms with Crippen LogP contribution < -0.4 is 10.1 Å². The summed E-state index contributed by atoms with van der Waals surface area (Å²) in [4.78, 5) is 16.2. The van der Waals surface area contributed by atoms with Crippen molar-refractivity contribution in [3.8, 4) is 5.75 Å². The van der Waals surface area contributed by atoms with Crippen molar-refractivity contribution in [2.75, 3.05) is 6.61 Å². The smallest absolute Gasteiger partial charge is 0.251 e. The molecule has 1 aliphatic rings. The molecule has 1 amide bonds. The van der Waals surface area contributed by atoms with Gasteiger partial charge < -0.3 is 14.5 Å². The molecule has 1 heterocycles. The fourth-order valence-corrected chi connectivity index (χ4v) is 2.33. The Morgan fingerprint density at radius 1 is 1.48 bits per heavy atom. The van der Waals surface area contributed by atoms with Gasteiger partial charge >= 0.3 is 0 Å². The highest BCUT2D eigenvalue weighted by Gasteiger charge is 2.28. The molecule has 1 N–H and O–H groups in total. The van der Waals surface area contributed by atoms with Crippen molar-refractivity contribution >= 4 is 5.91 Å². The summed E-state index contributed by atoms with van der Waals surface area (Å²) < 4.78 is 10.6. The van der Waals surface area contributed by atoms with Crippen LogP contribution in [-0.2, 0) is 6.54 Å². The second kappa shape index (κ2) is 5.99. The second-order valence-corrected chi connectivity index (χ2v) is 5.11. The molecule has 2 aromatic rings. The molecule has 3 rings (SSSR count). The molecule has 0 aliphatic heterocycles. The van der Waals surface area contributed by atoms with Gasteiger partial charge in [-0.1, -0.05) is 0 Å². The first-order valence-electron chi connectivity index (χ1n) is 7.20. The standard InChI is InChI=1S/C16H18N2O3/c1-2-20-12-5-6-14(15(7-12)11-3-4-11)16(19)18-9-13-8-17-10-21-13/h5-8,10-11H,2-4,9H2,1H3,(H,18,19). The van der Waals surface area contributed by atoms with Crippen LogP contribution in [0, 0.1) is 0 Å².